The van der Waals surface area contributed by atoms with Crippen LogP contribution in [0.5, 0.6) is 5.75 Å². The van der Waals surface area contributed by atoms with Crippen LogP contribution in [0.4, 0.5) is 0 Å². The summed E-state index contributed by atoms with van der Waals surface area (Å²) in [6.45, 7) is 4.78. The molecule has 0 aliphatic carbocycles. The van der Waals surface area contributed by atoms with Gasteiger partial charge in [0.25, 0.3) is 0 Å². The number of hydrogen-bond acceptors (Lipinski definition) is 4. The van der Waals surface area contributed by atoms with E-state index >= 15 is 0 Å². The largest absolute Gasteiger partial charge is 0.492 e. The lowest BCUT2D eigenvalue weighted by molar-refractivity contribution is 0.0628. The van der Waals surface area contributed by atoms with E-state index in [2.05, 4.69) is 17.2 Å². The first kappa shape index (κ1) is 14.9. The summed E-state index contributed by atoms with van der Waals surface area (Å²) in [6, 6.07) is 2.17. The summed E-state index contributed by atoms with van der Waals surface area (Å²) < 4.78 is 11.1. The molecular formula is C14H24N2O2. The second kappa shape index (κ2) is 8.06. The first-order valence-corrected chi connectivity index (χ1v) is 6.54. The molecule has 0 fully saturated rings. The molecule has 4 nitrogen and oxygen atoms in total. The average Bonchev–Trinajstić information content (AvgIpc) is 2.39. The van der Waals surface area contributed by atoms with Gasteiger partial charge in [0, 0.05) is 13.3 Å². The highest BCUT2D eigenvalue weighted by atomic mass is 16.5. The second-order valence-corrected chi connectivity index (χ2v) is 4.22. The minimum absolute atomic E-state index is 0.142. The number of methoxy groups -OCH3 is 1. The Balaban J connectivity index is 2.89. The molecule has 18 heavy (non-hydrogen) atoms. The third kappa shape index (κ3) is 3.96. The Morgan fingerprint density at radius 1 is 1.33 bits per heavy atom. The molecular weight excluding hydrogens is 228 g/mol. The molecule has 1 N–H and O–H groups in total. The van der Waals surface area contributed by atoms with Gasteiger partial charge in [0.1, 0.15) is 5.75 Å². The number of hydrogen-bond donors (Lipinski definition) is 1. The molecule has 0 spiro atoms. The highest BCUT2D eigenvalue weighted by Crippen LogP contribution is 2.24. The first-order chi connectivity index (χ1) is 8.76. The van der Waals surface area contributed by atoms with Crippen LogP contribution in [0.25, 0.3) is 0 Å². The lowest BCUT2D eigenvalue weighted by Crippen LogP contribution is -2.31. The molecule has 0 saturated heterocycles. The molecule has 0 radical (unpaired) electrons. The maximum absolute atomic E-state index is 5.57. The van der Waals surface area contributed by atoms with Gasteiger partial charge in [-0.05, 0) is 32.0 Å². The van der Waals surface area contributed by atoms with E-state index in [1.807, 2.05) is 26.2 Å². The van der Waals surface area contributed by atoms with Gasteiger partial charge in [-0.3, -0.25) is 4.98 Å². The quantitative estimate of drug-likeness (QED) is 0.772. The van der Waals surface area contributed by atoms with Crippen LogP contribution in [0, 0.1) is 0 Å². The molecule has 102 valence electrons. The van der Waals surface area contributed by atoms with Gasteiger partial charge >= 0.3 is 0 Å². The van der Waals surface area contributed by atoms with E-state index in [0.717, 1.165) is 24.2 Å². The minimum atomic E-state index is 0.142. The summed E-state index contributed by atoms with van der Waals surface area (Å²) in [5.74, 6) is 0.807. The summed E-state index contributed by atoms with van der Waals surface area (Å²) in [5, 5.41) is 3.30. The van der Waals surface area contributed by atoms with Crippen molar-refractivity contribution in [3.8, 4) is 5.75 Å². The van der Waals surface area contributed by atoms with Crippen molar-refractivity contribution < 1.29 is 9.47 Å². The van der Waals surface area contributed by atoms with Gasteiger partial charge in [-0.15, -0.1) is 0 Å². The van der Waals surface area contributed by atoms with Crippen molar-refractivity contribution in [1.82, 2.24) is 10.3 Å². The van der Waals surface area contributed by atoms with Crippen LogP contribution in [0.15, 0.2) is 18.5 Å². The van der Waals surface area contributed by atoms with Crippen molar-refractivity contribution in [3.63, 3.8) is 0 Å². The molecule has 1 aromatic heterocycles. The fraction of sp³-hybridized carbons (Fsp3) is 0.643. The van der Waals surface area contributed by atoms with E-state index in [9.17, 15) is 0 Å². The lowest BCUT2D eigenvalue weighted by Gasteiger charge is -2.25. The van der Waals surface area contributed by atoms with Gasteiger partial charge in [0.05, 0.1) is 24.9 Å². The van der Waals surface area contributed by atoms with Gasteiger partial charge in [-0.1, -0.05) is 13.3 Å². The molecule has 1 heterocycles. The Kier molecular flexibility index (Phi) is 6.68. The fourth-order valence-corrected chi connectivity index (χ4v) is 2.12. The van der Waals surface area contributed by atoms with Crippen molar-refractivity contribution >= 4 is 0 Å². The number of likely N-dealkylation sites (N-methyl/N-ethyl adjacent to an activating group) is 1. The Bertz CT molecular complexity index is 344. The zero-order valence-electron chi connectivity index (χ0n) is 11.8. The first-order valence-electron chi connectivity index (χ1n) is 6.54. The number of rotatable bonds is 8. The van der Waals surface area contributed by atoms with E-state index in [1.54, 1.807) is 13.3 Å². The SMILES string of the molecule is CCCC(OC)C(NC)c1cncc(OCC)c1. The molecule has 1 rings (SSSR count). The van der Waals surface area contributed by atoms with Crippen molar-refractivity contribution in [3.05, 3.63) is 24.0 Å². The van der Waals surface area contributed by atoms with Crippen LogP contribution in [0.3, 0.4) is 0 Å². The van der Waals surface area contributed by atoms with Crippen molar-refractivity contribution in [2.24, 2.45) is 0 Å². The van der Waals surface area contributed by atoms with Crippen LogP contribution < -0.4 is 10.1 Å². The lowest BCUT2D eigenvalue weighted by atomic mass is 9.99. The van der Waals surface area contributed by atoms with Crippen molar-refractivity contribution in [2.45, 2.75) is 38.8 Å². The van der Waals surface area contributed by atoms with Gasteiger partial charge < -0.3 is 14.8 Å². The van der Waals surface area contributed by atoms with Crippen LogP contribution in [-0.2, 0) is 4.74 Å². The Hall–Kier alpha value is -1.13. The van der Waals surface area contributed by atoms with Gasteiger partial charge in [0.2, 0.25) is 0 Å². The fourth-order valence-electron chi connectivity index (χ4n) is 2.12. The summed E-state index contributed by atoms with van der Waals surface area (Å²) in [5.41, 5.74) is 1.10. The highest BCUT2D eigenvalue weighted by molar-refractivity contribution is 5.26. The minimum Gasteiger partial charge on any atom is -0.492 e. The Labute approximate surface area is 110 Å². The third-order valence-electron chi connectivity index (χ3n) is 2.96. The number of ether oxygens (including phenoxy) is 2. The predicted octanol–water partition coefficient (Wildman–Crippen LogP) is 2.56. The zero-order chi connectivity index (χ0) is 13.4. The molecule has 1 aromatic rings. The number of nitrogens with zero attached hydrogens (tertiary/aromatic N) is 1. The summed E-state index contributed by atoms with van der Waals surface area (Å²) >= 11 is 0. The number of nitrogens with one attached hydrogen (secondary N) is 1. The van der Waals surface area contributed by atoms with Crippen LogP contribution in [0.1, 0.15) is 38.3 Å². The van der Waals surface area contributed by atoms with Crippen LogP contribution in [0.2, 0.25) is 0 Å². The van der Waals surface area contributed by atoms with Crippen LogP contribution >= 0.6 is 0 Å². The van der Waals surface area contributed by atoms with Crippen molar-refractivity contribution in [1.29, 1.82) is 0 Å². The Morgan fingerprint density at radius 2 is 2.11 bits per heavy atom. The molecule has 0 aromatic carbocycles. The highest BCUT2D eigenvalue weighted by Gasteiger charge is 2.21. The average molecular weight is 252 g/mol. The molecule has 0 aliphatic rings. The molecule has 2 atom stereocenters. The maximum atomic E-state index is 5.57. The van der Waals surface area contributed by atoms with Gasteiger partial charge in [-0.25, -0.2) is 0 Å². The van der Waals surface area contributed by atoms with E-state index in [0.29, 0.717) is 6.61 Å². The smallest absolute Gasteiger partial charge is 0.137 e. The van der Waals surface area contributed by atoms with E-state index in [4.69, 9.17) is 9.47 Å². The summed E-state index contributed by atoms with van der Waals surface area (Å²) in [4.78, 5) is 4.23. The predicted molar refractivity (Wildman–Crippen MR) is 72.9 cm³/mol. The summed E-state index contributed by atoms with van der Waals surface area (Å²) in [7, 11) is 3.70. The normalized spacial score (nSPS) is 14.2. The monoisotopic (exact) mass is 252 g/mol. The number of aromatic nitrogens is 1. The second-order valence-electron chi connectivity index (χ2n) is 4.22. The molecule has 0 bridgehead atoms. The van der Waals surface area contributed by atoms with E-state index in [1.165, 1.54) is 0 Å². The molecule has 0 amide bonds. The van der Waals surface area contributed by atoms with Crippen LogP contribution in [-0.4, -0.2) is 31.9 Å². The van der Waals surface area contributed by atoms with Crippen molar-refractivity contribution in [2.75, 3.05) is 20.8 Å². The summed E-state index contributed by atoms with van der Waals surface area (Å²) in [6.07, 6.45) is 5.86. The van der Waals surface area contributed by atoms with Gasteiger partial charge in [-0.2, -0.15) is 0 Å². The standard InChI is InChI=1S/C14H24N2O2/c1-5-7-13(17-4)14(15-3)11-8-12(18-6-2)10-16-9-11/h8-10,13-15H,5-7H2,1-4H3. The maximum Gasteiger partial charge on any atom is 0.137 e. The van der Waals surface area contributed by atoms with Gasteiger partial charge in [0.15, 0.2) is 0 Å². The van der Waals surface area contributed by atoms with E-state index in [-0.39, 0.29) is 12.1 Å². The molecule has 0 aliphatic heterocycles. The number of pyridine rings is 1. The zero-order valence-corrected chi connectivity index (χ0v) is 11.8. The topological polar surface area (TPSA) is 43.4 Å². The Morgan fingerprint density at radius 3 is 2.67 bits per heavy atom. The molecule has 0 saturated carbocycles. The molecule has 2 unspecified atom stereocenters. The molecule has 4 heteroatoms. The third-order valence-corrected chi connectivity index (χ3v) is 2.96. The van der Waals surface area contributed by atoms with E-state index < -0.39 is 0 Å².